The number of hydrogen-bond donors (Lipinski definition) is 0. The molecule has 0 N–H and O–H groups in total. The van der Waals surface area contributed by atoms with Crippen molar-refractivity contribution in [3.05, 3.63) is 176 Å². The van der Waals surface area contributed by atoms with E-state index in [0.717, 1.165) is 46.2 Å². The second-order valence-electron chi connectivity index (χ2n) is 18.2. The first-order valence-corrected chi connectivity index (χ1v) is 25.1. The molecule has 14 heteroatoms. The van der Waals surface area contributed by atoms with Crippen LogP contribution in [0.2, 0.25) is 0 Å². The van der Waals surface area contributed by atoms with Crippen molar-refractivity contribution in [3.63, 3.8) is 0 Å². The average molecular weight is 987 g/mol. The summed E-state index contributed by atoms with van der Waals surface area (Å²) in [6, 6.07) is 33.2. The van der Waals surface area contributed by atoms with Crippen LogP contribution in [-0.2, 0) is 44.6 Å². The Labute approximate surface area is 424 Å². The van der Waals surface area contributed by atoms with Gasteiger partial charge in [-0.3, -0.25) is 19.2 Å². The highest BCUT2D eigenvalue weighted by Crippen LogP contribution is 2.43. The lowest BCUT2D eigenvalue weighted by Gasteiger charge is -2.25. The van der Waals surface area contributed by atoms with Gasteiger partial charge in [-0.1, -0.05) is 74.5 Å². The summed E-state index contributed by atoms with van der Waals surface area (Å²) in [4.78, 5) is 59.5. The number of para-hydroxylation sites is 2. The van der Waals surface area contributed by atoms with Crippen molar-refractivity contribution in [1.29, 1.82) is 0 Å². The van der Waals surface area contributed by atoms with Gasteiger partial charge in [-0.15, -0.1) is 0 Å². The Kier molecular flexibility index (Phi) is 15.2. The summed E-state index contributed by atoms with van der Waals surface area (Å²) < 4.78 is 50.7. The molecule has 0 saturated carbocycles. The maximum absolute atomic E-state index is 14.3. The number of ether oxygens (including phenoxy) is 8. The Morgan fingerprint density at radius 2 is 0.726 bits per heavy atom. The minimum Gasteiger partial charge on any atom is -0.493 e. The molecule has 6 aromatic rings. The van der Waals surface area contributed by atoms with Gasteiger partial charge >= 0.3 is 0 Å². The number of rotatable bonds is 8. The zero-order chi connectivity index (χ0) is 50.3. The summed E-state index contributed by atoms with van der Waals surface area (Å²) in [6.45, 7) is 7.28. The quantitative estimate of drug-likeness (QED) is 0.134. The molecule has 0 radical (unpaired) electrons. The van der Waals surface area contributed by atoms with Gasteiger partial charge in [0.25, 0.3) is 23.6 Å². The van der Waals surface area contributed by atoms with Crippen LogP contribution in [-0.4, -0.2) is 96.5 Å². The van der Waals surface area contributed by atoms with Crippen molar-refractivity contribution >= 4 is 35.0 Å². The molecular weight excluding hydrogens is 929 g/mol. The molecule has 0 spiro atoms. The molecule has 6 aromatic carbocycles. The van der Waals surface area contributed by atoms with Crippen LogP contribution < -0.4 is 28.7 Å². The van der Waals surface area contributed by atoms with Crippen LogP contribution in [0.4, 0.5) is 11.4 Å². The van der Waals surface area contributed by atoms with Crippen LogP contribution in [0.3, 0.4) is 0 Å². The number of nitrogens with zero attached hydrogens (tertiary/aromatic N) is 2. The minimum absolute atomic E-state index is 0.116. The Balaban J connectivity index is 1.20. The fourth-order valence-electron chi connectivity index (χ4n) is 9.93. The summed E-state index contributed by atoms with van der Waals surface area (Å²) in [5, 5.41) is 0. The lowest BCUT2D eigenvalue weighted by molar-refractivity contribution is -0.0316. The van der Waals surface area contributed by atoms with Gasteiger partial charge in [0, 0.05) is 47.9 Å². The number of carbonyl (C=O) groups excluding carboxylic acids is 4. The highest BCUT2D eigenvalue weighted by molar-refractivity contribution is 6.35. The third-order valence-electron chi connectivity index (χ3n) is 13.2. The van der Waals surface area contributed by atoms with E-state index in [1.165, 1.54) is 9.80 Å². The highest BCUT2D eigenvalue weighted by atomic mass is 16.7. The van der Waals surface area contributed by atoms with Crippen LogP contribution in [0.1, 0.15) is 113 Å². The monoisotopic (exact) mass is 986 g/mol. The lowest BCUT2D eigenvalue weighted by atomic mass is 9.90. The molecule has 0 atom stereocenters. The highest BCUT2D eigenvalue weighted by Gasteiger charge is 2.39. The molecule has 1 aliphatic carbocycles. The van der Waals surface area contributed by atoms with Crippen LogP contribution in [0.25, 0.3) is 0 Å². The predicted molar refractivity (Wildman–Crippen MR) is 273 cm³/mol. The normalized spacial score (nSPS) is 16.5. The molecule has 3 aliphatic heterocycles. The first-order chi connectivity index (χ1) is 35.8. The van der Waals surface area contributed by atoms with Crippen molar-refractivity contribution in [2.75, 3.05) is 82.7 Å². The molecule has 0 saturated heterocycles. The van der Waals surface area contributed by atoms with E-state index >= 15 is 0 Å². The van der Waals surface area contributed by atoms with E-state index in [-0.39, 0.29) is 52.3 Å². The van der Waals surface area contributed by atoms with Crippen LogP contribution in [0.15, 0.2) is 109 Å². The lowest BCUT2D eigenvalue weighted by Crippen LogP contribution is -2.29. The number of fused-ring (bicyclic) bond motifs is 4. The molecule has 0 unspecified atom stereocenters. The number of anilines is 2. The second-order valence-corrected chi connectivity index (χ2v) is 18.2. The zero-order valence-corrected chi connectivity index (χ0v) is 41.2. The molecule has 4 amide bonds. The van der Waals surface area contributed by atoms with E-state index in [0.29, 0.717) is 114 Å². The van der Waals surface area contributed by atoms with Gasteiger partial charge in [0.05, 0.1) is 93.1 Å². The molecule has 376 valence electrons. The maximum atomic E-state index is 14.3. The summed E-state index contributed by atoms with van der Waals surface area (Å²) in [5.74, 6) is 0.752. The smallest absolute Gasteiger partial charge is 0.266 e. The fourth-order valence-corrected chi connectivity index (χ4v) is 9.93. The number of hydrogen-bond acceptors (Lipinski definition) is 12. The van der Waals surface area contributed by atoms with Gasteiger partial charge in [0.15, 0.2) is 6.79 Å². The molecule has 3 heterocycles. The first kappa shape index (κ1) is 49.2. The molecule has 0 fully saturated rings. The van der Waals surface area contributed by atoms with Crippen LogP contribution in [0.5, 0.6) is 23.0 Å². The molecule has 73 heavy (non-hydrogen) atoms. The molecule has 4 aliphatic rings. The van der Waals surface area contributed by atoms with E-state index in [9.17, 15) is 19.2 Å². The van der Waals surface area contributed by atoms with Gasteiger partial charge in [0.2, 0.25) is 0 Å². The van der Waals surface area contributed by atoms with E-state index in [1.807, 2.05) is 74.5 Å². The summed E-state index contributed by atoms with van der Waals surface area (Å²) >= 11 is 0. The molecular formula is C59H58N2O12. The topological polar surface area (TPSA) is 149 Å². The number of imide groups is 2. The van der Waals surface area contributed by atoms with E-state index < -0.39 is 23.6 Å². The maximum Gasteiger partial charge on any atom is 0.266 e. The second kappa shape index (κ2) is 22.6. The summed E-state index contributed by atoms with van der Waals surface area (Å²) in [5.41, 5.74) is 8.26. The van der Waals surface area contributed by atoms with Crippen molar-refractivity contribution in [2.24, 2.45) is 0 Å². The number of carbonyl (C=O) groups is 4. The minimum atomic E-state index is -0.415. The Bertz CT molecular complexity index is 2690. The zero-order valence-electron chi connectivity index (χ0n) is 41.2. The third kappa shape index (κ3) is 10.3. The molecule has 10 bridgehead atoms. The van der Waals surface area contributed by atoms with Gasteiger partial charge in [-0.2, -0.15) is 0 Å². The fraction of sp³-hybridized carbons (Fsp3) is 0.322. The number of benzene rings is 6. The predicted octanol–water partition coefficient (Wildman–Crippen LogP) is 9.34. The first-order valence-electron chi connectivity index (χ1n) is 25.1. The van der Waals surface area contributed by atoms with Crippen LogP contribution in [0, 0.1) is 0 Å². The van der Waals surface area contributed by atoms with E-state index in [2.05, 4.69) is 0 Å². The van der Waals surface area contributed by atoms with Gasteiger partial charge in [-0.25, -0.2) is 9.80 Å². The van der Waals surface area contributed by atoms with Gasteiger partial charge < -0.3 is 37.9 Å². The average Bonchev–Trinajstić information content (AvgIpc) is 3.81. The number of amides is 4. The Morgan fingerprint density at radius 1 is 0.397 bits per heavy atom. The van der Waals surface area contributed by atoms with Crippen molar-refractivity contribution in [3.8, 4) is 23.0 Å². The summed E-state index contributed by atoms with van der Waals surface area (Å²) in [7, 11) is 0. The molecule has 14 nitrogen and oxygen atoms in total. The Morgan fingerprint density at radius 3 is 1.08 bits per heavy atom. The Hall–Kier alpha value is -7.36. The SMILES string of the molecule is CCCOc1c2cccc1Cc1cc(N3C(=O)c4ccccc4C3=O)cc3c1OCOCCOCCOCCOCCOc1c(cc(N4C(=O)c5ccccc5C4=O)cc1Cc1cccc(c1OCCC)C3)C2. The standard InChI is InChI=1S/C59H58N2O12/c1-3-19-70-52-38-11-9-13-40(52)31-44-35-47(61-58(64)50-17-7-8-18-51(50)59(61)65)36-45-32-41-14-10-12-39(53(41)71-20-4-2)30-43-34-46(60-56(62)48-15-5-6-16-49(48)57(60)63)33-42(29-38)54(43)72-28-27-68-24-23-66-21-22-67-25-26-69-37-73-55(44)45/h5-18,33-36H,3-4,19-32,37H2,1-2H3. The van der Waals surface area contributed by atoms with Crippen molar-refractivity contribution in [2.45, 2.75) is 52.4 Å². The molecule has 10 rings (SSSR count). The van der Waals surface area contributed by atoms with Gasteiger partial charge in [0.1, 0.15) is 29.6 Å². The summed E-state index contributed by atoms with van der Waals surface area (Å²) in [6.07, 6.45) is 2.52. The molecule has 0 aromatic heterocycles. The third-order valence-corrected chi connectivity index (χ3v) is 13.2. The largest absolute Gasteiger partial charge is 0.493 e. The van der Waals surface area contributed by atoms with E-state index in [1.54, 1.807) is 48.5 Å². The van der Waals surface area contributed by atoms with Crippen molar-refractivity contribution in [1.82, 2.24) is 0 Å². The van der Waals surface area contributed by atoms with Crippen molar-refractivity contribution < 1.29 is 57.1 Å². The van der Waals surface area contributed by atoms with Gasteiger partial charge in [-0.05, 0) is 83.6 Å². The van der Waals surface area contributed by atoms with Crippen LogP contribution >= 0.6 is 0 Å². The van der Waals surface area contributed by atoms with E-state index in [4.69, 9.17) is 37.9 Å².